The molecule has 17 heavy (non-hydrogen) atoms. The standard InChI is InChI=1S/C10H13F7/c11-8(6-10(15,16)17)4-2-1-3-7(8)5-9(12,13)14/h7H,1-6H2. The molecule has 0 bridgehead atoms. The van der Waals surface area contributed by atoms with Gasteiger partial charge in [-0.3, -0.25) is 0 Å². The molecular formula is C10H13F7. The molecule has 0 saturated heterocycles. The lowest BCUT2D eigenvalue weighted by atomic mass is 9.73. The number of hydrogen-bond acceptors (Lipinski definition) is 0. The van der Waals surface area contributed by atoms with E-state index in [4.69, 9.17) is 0 Å². The Morgan fingerprint density at radius 2 is 1.53 bits per heavy atom. The largest absolute Gasteiger partial charge is 0.392 e. The second kappa shape index (κ2) is 4.65. The lowest BCUT2D eigenvalue weighted by molar-refractivity contribution is -0.196. The minimum atomic E-state index is -4.77. The quantitative estimate of drug-likeness (QED) is 0.630. The normalized spacial score (nSPS) is 31.6. The first-order valence-corrected chi connectivity index (χ1v) is 5.34. The average Bonchev–Trinajstić information content (AvgIpc) is 2.03. The highest BCUT2D eigenvalue weighted by Gasteiger charge is 2.51. The van der Waals surface area contributed by atoms with Crippen molar-refractivity contribution in [3.05, 3.63) is 0 Å². The summed E-state index contributed by atoms with van der Waals surface area (Å²) in [7, 11) is 0. The summed E-state index contributed by atoms with van der Waals surface area (Å²) < 4.78 is 87.1. The summed E-state index contributed by atoms with van der Waals surface area (Å²) in [5, 5.41) is 0. The van der Waals surface area contributed by atoms with Gasteiger partial charge in [0.25, 0.3) is 0 Å². The molecule has 0 aromatic heterocycles. The van der Waals surface area contributed by atoms with Crippen LogP contribution in [-0.4, -0.2) is 18.0 Å². The van der Waals surface area contributed by atoms with E-state index in [9.17, 15) is 30.7 Å². The molecule has 1 fully saturated rings. The van der Waals surface area contributed by atoms with Crippen molar-refractivity contribution in [2.45, 2.75) is 56.5 Å². The number of hydrogen-bond donors (Lipinski definition) is 0. The zero-order valence-electron chi connectivity index (χ0n) is 8.97. The fraction of sp³-hybridized carbons (Fsp3) is 1.00. The van der Waals surface area contributed by atoms with Gasteiger partial charge in [0, 0.05) is 12.3 Å². The van der Waals surface area contributed by atoms with Crippen LogP contribution in [0.5, 0.6) is 0 Å². The summed E-state index contributed by atoms with van der Waals surface area (Å²) >= 11 is 0. The molecule has 2 atom stereocenters. The molecule has 1 rings (SSSR count). The van der Waals surface area contributed by atoms with E-state index >= 15 is 0 Å². The summed E-state index contributed by atoms with van der Waals surface area (Å²) in [6, 6.07) is 0. The summed E-state index contributed by atoms with van der Waals surface area (Å²) in [6.45, 7) is 0. The van der Waals surface area contributed by atoms with Crippen molar-refractivity contribution in [1.29, 1.82) is 0 Å². The Kier molecular flexibility index (Phi) is 3.98. The third-order valence-corrected chi connectivity index (χ3v) is 3.10. The molecule has 0 N–H and O–H groups in total. The molecular weight excluding hydrogens is 253 g/mol. The van der Waals surface area contributed by atoms with Crippen molar-refractivity contribution in [1.82, 2.24) is 0 Å². The van der Waals surface area contributed by atoms with E-state index in [1.54, 1.807) is 0 Å². The van der Waals surface area contributed by atoms with Gasteiger partial charge in [0.2, 0.25) is 0 Å². The molecule has 0 radical (unpaired) electrons. The van der Waals surface area contributed by atoms with Crippen LogP contribution in [0.3, 0.4) is 0 Å². The van der Waals surface area contributed by atoms with Gasteiger partial charge < -0.3 is 0 Å². The van der Waals surface area contributed by atoms with E-state index in [1.807, 2.05) is 0 Å². The van der Waals surface area contributed by atoms with E-state index in [2.05, 4.69) is 0 Å². The van der Waals surface area contributed by atoms with Gasteiger partial charge in [-0.1, -0.05) is 12.8 Å². The van der Waals surface area contributed by atoms with Gasteiger partial charge in [-0.05, 0) is 12.8 Å². The van der Waals surface area contributed by atoms with Gasteiger partial charge >= 0.3 is 12.4 Å². The minimum absolute atomic E-state index is 0.133. The molecule has 1 aliphatic rings. The Morgan fingerprint density at radius 1 is 0.941 bits per heavy atom. The summed E-state index contributed by atoms with van der Waals surface area (Å²) in [5.74, 6) is -1.57. The van der Waals surface area contributed by atoms with Crippen LogP contribution in [0.15, 0.2) is 0 Å². The second-order valence-electron chi connectivity index (χ2n) is 4.59. The van der Waals surface area contributed by atoms with E-state index in [0.717, 1.165) is 0 Å². The minimum Gasteiger partial charge on any atom is -0.243 e. The van der Waals surface area contributed by atoms with Crippen LogP contribution in [0.1, 0.15) is 38.5 Å². The molecule has 2 unspecified atom stereocenters. The molecule has 0 aromatic carbocycles. The molecule has 0 heterocycles. The summed E-state index contributed by atoms with van der Waals surface area (Å²) in [5.41, 5.74) is -2.76. The van der Waals surface area contributed by atoms with E-state index in [0.29, 0.717) is 6.42 Å². The van der Waals surface area contributed by atoms with Crippen molar-refractivity contribution >= 4 is 0 Å². The first-order valence-electron chi connectivity index (χ1n) is 5.34. The van der Waals surface area contributed by atoms with Gasteiger partial charge in [0.1, 0.15) is 5.67 Å². The molecule has 1 aliphatic carbocycles. The Morgan fingerprint density at radius 3 is 2.00 bits per heavy atom. The predicted molar refractivity (Wildman–Crippen MR) is 47.1 cm³/mol. The average molecular weight is 266 g/mol. The maximum atomic E-state index is 14.0. The smallest absolute Gasteiger partial charge is 0.243 e. The second-order valence-corrected chi connectivity index (χ2v) is 4.59. The van der Waals surface area contributed by atoms with Gasteiger partial charge in [0.15, 0.2) is 0 Å². The zero-order chi connectivity index (χ0) is 13.3. The molecule has 102 valence electrons. The number of alkyl halides is 7. The van der Waals surface area contributed by atoms with E-state index in [1.165, 1.54) is 0 Å². The fourth-order valence-corrected chi connectivity index (χ4v) is 2.40. The molecule has 0 aliphatic heterocycles. The molecule has 0 nitrogen and oxygen atoms in total. The summed E-state index contributed by atoms with van der Waals surface area (Å²) in [4.78, 5) is 0. The predicted octanol–water partition coefficient (Wildman–Crippen LogP) is 4.79. The Labute approximate surface area is 94.2 Å². The van der Waals surface area contributed by atoms with Crippen molar-refractivity contribution < 1.29 is 30.7 Å². The highest BCUT2D eigenvalue weighted by molar-refractivity contribution is 4.93. The van der Waals surface area contributed by atoms with E-state index < -0.39 is 43.2 Å². The van der Waals surface area contributed by atoms with Crippen molar-refractivity contribution in [3.63, 3.8) is 0 Å². The first-order chi connectivity index (χ1) is 7.52. The monoisotopic (exact) mass is 266 g/mol. The van der Waals surface area contributed by atoms with Crippen molar-refractivity contribution in [2.75, 3.05) is 0 Å². The van der Waals surface area contributed by atoms with Gasteiger partial charge in [-0.2, -0.15) is 26.3 Å². The Balaban J connectivity index is 2.77. The zero-order valence-corrected chi connectivity index (χ0v) is 8.97. The first kappa shape index (κ1) is 14.6. The Bertz CT molecular complexity index is 254. The van der Waals surface area contributed by atoms with Crippen molar-refractivity contribution in [3.8, 4) is 0 Å². The third kappa shape index (κ3) is 4.71. The Hall–Kier alpha value is -0.490. The SMILES string of the molecule is FC(F)(F)CC1CCCCC1(F)CC(F)(F)F. The maximum Gasteiger partial charge on any atom is 0.392 e. The fourth-order valence-electron chi connectivity index (χ4n) is 2.40. The molecule has 0 spiro atoms. The number of halogens is 7. The van der Waals surface area contributed by atoms with Gasteiger partial charge in [-0.15, -0.1) is 0 Å². The third-order valence-electron chi connectivity index (χ3n) is 3.10. The lowest BCUT2D eigenvalue weighted by Gasteiger charge is -2.38. The van der Waals surface area contributed by atoms with Crippen LogP contribution in [0.25, 0.3) is 0 Å². The van der Waals surface area contributed by atoms with Gasteiger partial charge in [-0.25, -0.2) is 4.39 Å². The van der Waals surface area contributed by atoms with Crippen LogP contribution < -0.4 is 0 Å². The molecule has 1 saturated carbocycles. The topological polar surface area (TPSA) is 0 Å². The highest BCUT2D eigenvalue weighted by atomic mass is 19.4. The van der Waals surface area contributed by atoms with Crippen LogP contribution in [0, 0.1) is 5.92 Å². The van der Waals surface area contributed by atoms with Gasteiger partial charge in [0.05, 0.1) is 6.42 Å². The lowest BCUT2D eigenvalue weighted by Crippen LogP contribution is -2.42. The van der Waals surface area contributed by atoms with E-state index in [-0.39, 0.29) is 12.8 Å². The highest BCUT2D eigenvalue weighted by Crippen LogP contribution is 2.47. The van der Waals surface area contributed by atoms with Crippen LogP contribution in [0.2, 0.25) is 0 Å². The maximum absolute atomic E-state index is 14.0. The van der Waals surface area contributed by atoms with Crippen LogP contribution in [0.4, 0.5) is 30.7 Å². The number of rotatable bonds is 2. The molecule has 0 aromatic rings. The van der Waals surface area contributed by atoms with Crippen molar-refractivity contribution in [2.24, 2.45) is 5.92 Å². The van der Waals surface area contributed by atoms with Crippen LogP contribution >= 0.6 is 0 Å². The molecule has 0 amide bonds. The molecule has 7 heteroatoms. The van der Waals surface area contributed by atoms with Crippen LogP contribution in [-0.2, 0) is 0 Å². The summed E-state index contributed by atoms with van der Waals surface area (Å²) in [6.07, 6.45) is -12.6.